The number of halogens is 1. The molecule has 3 aromatic rings. The Labute approximate surface area is 202 Å². The number of nitrogens with one attached hydrogen (secondary N) is 1. The van der Waals surface area contributed by atoms with Crippen LogP contribution < -0.4 is 5.43 Å². The minimum Gasteiger partial charge on any atom is -0.384 e. The highest BCUT2D eigenvalue weighted by Crippen LogP contribution is 2.20. The van der Waals surface area contributed by atoms with E-state index in [-0.39, 0.29) is 23.5 Å². The van der Waals surface area contributed by atoms with Crippen molar-refractivity contribution in [2.45, 2.75) is 13.1 Å². The molecule has 0 saturated carbocycles. The predicted octanol–water partition coefficient (Wildman–Crippen LogP) is 2.63. The first kappa shape index (κ1) is 24.0. The topological polar surface area (TPSA) is 85.9 Å². The Kier molecular flexibility index (Phi) is 7.66. The monoisotopic (exact) mass is 479 g/mol. The number of H-pyrrole nitrogens is 1. The van der Waals surface area contributed by atoms with Gasteiger partial charge in [0, 0.05) is 55.4 Å². The van der Waals surface area contributed by atoms with Crippen molar-refractivity contribution >= 4 is 28.4 Å². The summed E-state index contributed by atoms with van der Waals surface area (Å²) in [4.78, 5) is 33.4. The fourth-order valence-corrected chi connectivity index (χ4v) is 4.16. The second-order valence-corrected chi connectivity index (χ2v) is 8.67. The fourth-order valence-electron chi connectivity index (χ4n) is 4.03. The Hall–Kier alpha value is -3.15. The van der Waals surface area contributed by atoms with E-state index in [2.05, 4.69) is 21.7 Å². The second kappa shape index (κ2) is 10.9. The molecule has 0 atom stereocenters. The maximum atomic E-state index is 13.4. The minimum absolute atomic E-state index is 0.0635. The van der Waals surface area contributed by atoms with Crippen LogP contribution in [-0.4, -0.2) is 65.8 Å². The lowest BCUT2D eigenvalue weighted by atomic mass is 10.0. The smallest absolute Gasteiger partial charge is 0.259 e. The summed E-state index contributed by atoms with van der Waals surface area (Å²) in [5.74, 6) is 5.22. The van der Waals surface area contributed by atoms with E-state index in [1.807, 2.05) is 24.3 Å². The van der Waals surface area contributed by atoms with Crippen LogP contribution in [0.4, 0.5) is 0 Å². The van der Waals surface area contributed by atoms with E-state index >= 15 is 0 Å². The van der Waals surface area contributed by atoms with Crippen LogP contribution in [0.2, 0.25) is 5.02 Å². The zero-order valence-electron chi connectivity index (χ0n) is 18.9. The van der Waals surface area contributed by atoms with Gasteiger partial charge >= 0.3 is 0 Å². The van der Waals surface area contributed by atoms with Crippen LogP contribution >= 0.6 is 11.6 Å². The Balaban J connectivity index is 1.69. The molecule has 2 N–H and O–H groups in total. The van der Waals surface area contributed by atoms with Gasteiger partial charge in [0.15, 0.2) is 0 Å². The molecule has 1 saturated heterocycles. The molecular formula is C26H26ClN3O4. The SMILES string of the molecule is CN(Cc1ccc(Cl)cc1)C(=O)c1c[nH]c2c(C#CCO)cc(CN3CCOCC3)cc2c1=O. The molecule has 1 amide bonds. The molecule has 34 heavy (non-hydrogen) atoms. The molecule has 4 rings (SSSR count). The number of hydrogen-bond donors (Lipinski definition) is 2. The Morgan fingerprint density at radius 3 is 2.65 bits per heavy atom. The number of rotatable bonds is 5. The molecule has 2 aromatic carbocycles. The van der Waals surface area contributed by atoms with Gasteiger partial charge in [-0.1, -0.05) is 35.6 Å². The van der Waals surface area contributed by atoms with Crippen LogP contribution in [-0.2, 0) is 17.8 Å². The zero-order chi connectivity index (χ0) is 24.1. The highest BCUT2D eigenvalue weighted by atomic mass is 35.5. The molecule has 1 aromatic heterocycles. The Morgan fingerprint density at radius 1 is 1.21 bits per heavy atom. The Bertz CT molecular complexity index is 1300. The lowest BCUT2D eigenvalue weighted by molar-refractivity contribution is 0.0342. The van der Waals surface area contributed by atoms with Crippen molar-refractivity contribution in [2.24, 2.45) is 0 Å². The normalized spacial score (nSPS) is 14.0. The van der Waals surface area contributed by atoms with Crippen LogP contribution in [0.15, 0.2) is 47.4 Å². The van der Waals surface area contributed by atoms with E-state index < -0.39 is 0 Å². The molecule has 0 spiro atoms. The molecule has 0 aliphatic carbocycles. The third-order valence-electron chi connectivity index (χ3n) is 5.77. The first-order valence-corrected chi connectivity index (χ1v) is 11.4. The van der Waals surface area contributed by atoms with E-state index in [0.717, 1.165) is 24.2 Å². The molecule has 8 heteroatoms. The number of aliphatic hydroxyl groups excluding tert-OH is 1. The highest BCUT2D eigenvalue weighted by molar-refractivity contribution is 6.30. The van der Waals surface area contributed by atoms with Gasteiger partial charge in [-0.05, 0) is 35.4 Å². The molecule has 1 fully saturated rings. The number of hydrogen-bond acceptors (Lipinski definition) is 5. The molecule has 176 valence electrons. The first-order valence-electron chi connectivity index (χ1n) is 11.0. The molecular weight excluding hydrogens is 454 g/mol. The number of benzene rings is 2. The summed E-state index contributed by atoms with van der Waals surface area (Å²) >= 11 is 5.94. The van der Waals surface area contributed by atoms with Crippen LogP contribution in [0.5, 0.6) is 0 Å². The number of aromatic nitrogens is 1. The maximum Gasteiger partial charge on any atom is 0.259 e. The van der Waals surface area contributed by atoms with Crippen molar-refractivity contribution in [3.05, 3.63) is 80.1 Å². The van der Waals surface area contributed by atoms with Gasteiger partial charge in [-0.3, -0.25) is 14.5 Å². The number of nitrogens with zero attached hydrogens (tertiary/aromatic N) is 2. The summed E-state index contributed by atoms with van der Waals surface area (Å²) in [7, 11) is 1.66. The van der Waals surface area contributed by atoms with Crippen molar-refractivity contribution in [3.63, 3.8) is 0 Å². The molecule has 1 aliphatic rings. The number of aromatic amines is 1. The lowest BCUT2D eigenvalue weighted by Crippen LogP contribution is -2.35. The molecule has 2 heterocycles. The van der Waals surface area contributed by atoms with Gasteiger partial charge in [0.2, 0.25) is 5.43 Å². The maximum absolute atomic E-state index is 13.4. The molecule has 0 unspecified atom stereocenters. The van der Waals surface area contributed by atoms with E-state index in [1.54, 1.807) is 19.2 Å². The third-order valence-corrected chi connectivity index (χ3v) is 6.02. The van der Waals surface area contributed by atoms with Gasteiger partial charge in [0.1, 0.15) is 12.2 Å². The zero-order valence-corrected chi connectivity index (χ0v) is 19.7. The largest absolute Gasteiger partial charge is 0.384 e. The van der Waals surface area contributed by atoms with Crippen molar-refractivity contribution in [2.75, 3.05) is 40.0 Å². The molecule has 7 nitrogen and oxygen atoms in total. The van der Waals surface area contributed by atoms with E-state index in [1.165, 1.54) is 11.1 Å². The first-order chi connectivity index (χ1) is 16.5. The number of amides is 1. The molecule has 0 radical (unpaired) electrons. The van der Waals surface area contributed by atoms with Crippen LogP contribution in [0.1, 0.15) is 27.0 Å². The van der Waals surface area contributed by atoms with Crippen molar-refractivity contribution in [1.29, 1.82) is 0 Å². The standard InChI is InChI=1S/C26H26ClN3O4/c1-29(16-18-4-6-21(27)7-5-18)26(33)23-15-28-24-20(3-2-10-31)13-19(14-22(24)25(23)32)17-30-8-11-34-12-9-30/h4-7,13-15,31H,8-12,16-17H2,1H3,(H,28,32). The summed E-state index contributed by atoms with van der Waals surface area (Å²) in [5, 5.41) is 10.2. The van der Waals surface area contributed by atoms with Crippen molar-refractivity contribution in [3.8, 4) is 11.8 Å². The number of ether oxygens (including phenoxy) is 1. The summed E-state index contributed by atoms with van der Waals surface area (Å²) in [6.07, 6.45) is 1.44. The van der Waals surface area contributed by atoms with E-state index in [9.17, 15) is 14.7 Å². The molecule has 0 bridgehead atoms. The minimum atomic E-state index is -0.375. The number of pyridine rings is 1. The number of carbonyl (C=O) groups excluding carboxylic acids is 1. The fraction of sp³-hybridized carbons (Fsp3) is 0.308. The van der Waals surface area contributed by atoms with Gasteiger partial charge in [0.05, 0.1) is 18.7 Å². The quantitative estimate of drug-likeness (QED) is 0.549. The van der Waals surface area contributed by atoms with Gasteiger partial charge in [-0.25, -0.2) is 0 Å². The summed E-state index contributed by atoms with van der Waals surface area (Å²) in [6, 6.07) is 11.0. The van der Waals surface area contributed by atoms with Crippen molar-refractivity contribution in [1.82, 2.24) is 14.8 Å². The number of aliphatic hydroxyl groups is 1. The van der Waals surface area contributed by atoms with Crippen LogP contribution in [0, 0.1) is 11.8 Å². The summed E-state index contributed by atoms with van der Waals surface area (Å²) < 4.78 is 5.42. The van der Waals surface area contributed by atoms with Crippen LogP contribution in [0.3, 0.4) is 0 Å². The molecule has 1 aliphatic heterocycles. The average Bonchev–Trinajstić information content (AvgIpc) is 2.85. The average molecular weight is 480 g/mol. The number of fused-ring (bicyclic) bond motifs is 1. The highest BCUT2D eigenvalue weighted by Gasteiger charge is 2.19. The lowest BCUT2D eigenvalue weighted by Gasteiger charge is -2.26. The van der Waals surface area contributed by atoms with Gasteiger partial charge in [-0.2, -0.15) is 0 Å². The predicted molar refractivity (Wildman–Crippen MR) is 132 cm³/mol. The van der Waals surface area contributed by atoms with Gasteiger partial charge in [0.25, 0.3) is 5.91 Å². The number of morpholine rings is 1. The van der Waals surface area contributed by atoms with Gasteiger partial charge in [-0.15, -0.1) is 0 Å². The third kappa shape index (κ3) is 5.49. The second-order valence-electron chi connectivity index (χ2n) is 8.23. The van der Waals surface area contributed by atoms with Gasteiger partial charge < -0.3 is 19.7 Å². The van der Waals surface area contributed by atoms with E-state index in [0.29, 0.717) is 47.8 Å². The Morgan fingerprint density at radius 2 is 1.94 bits per heavy atom. The summed E-state index contributed by atoms with van der Waals surface area (Å²) in [5.41, 5.74) is 2.70. The van der Waals surface area contributed by atoms with Crippen molar-refractivity contribution < 1.29 is 14.6 Å². The number of carbonyl (C=O) groups is 1. The summed E-state index contributed by atoms with van der Waals surface area (Å²) in [6.45, 7) is 3.65. The van der Waals surface area contributed by atoms with Crippen LogP contribution in [0.25, 0.3) is 10.9 Å². The van der Waals surface area contributed by atoms with E-state index in [4.69, 9.17) is 16.3 Å².